The predicted molar refractivity (Wildman–Crippen MR) is 64.0 cm³/mol. The zero-order chi connectivity index (χ0) is 12.3. The Morgan fingerprint density at radius 1 is 1.35 bits per heavy atom. The van der Waals surface area contributed by atoms with Gasteiger partial charge in [-0.1, -0.05) is 18.2 Å². The summed E-state index contributed by atoms with van der Waals surface area (Å²) in [5.41, 5.74) is 0.958. The molecular formula is C12H13N3O2. The van der Waals surface area contributed by atoms with Crippen LogP contribution >= 0.6 is 0 Å². The van der Waals surface area contributed by atoms with Crippen molar-refractivity contribution in [3.8, 4) is 5.75 Å². The number of ether oxygens (including phenoxy) is 1. The maximum absolute atomic E-state index is 11.5. The summed E-state index contributed by atoms with van der Waals surface area (Å²) in [4.78, 5) is 11.5. The highest BCUT2D eigenvalue weighted by molar-refractivity contribution is 5.85. The first-order chi connectivity index (χ1) is 8.15. The Labute approximate surface area is 99.0 Å². The summed E-state index contributed by atoms with van der Waals surface area (Å²) in [5.74, 6) is 0.976. The molecule has 1 N–H and O–H groups in total. The average Bonchev–Trinajstić information content (AvgIpc) is 2.59. The molecule has 1 aromatic carbocycles. The van der Waals surface area contributed by atoms with Gasteiger partial charge in [0.05, 0.1) is 0 Å². The highest BCUT2D eigenvalue weighted by atomic mass is 16.6. The number of para-hydroxylation sites is 1. The number of carbonyl (C=O) groups is 1. The summed E-state index contributed by atoms with van der Waals surface area (Å²) in [6, 6.07) is 10.6. The number of aromatic nitrogens is 2. The zero-order valence-electron chi connectivity index (χ0n) is 9.68. The van der Waals surface area contributed by atoms with Crippen molar-refractivity contribution < 1.29 is 9.53 Å². The van der Waals surface area contributed by atoms with Gasteiger partial charge in [-0.2, -0.15) is 5.10 Å². The highest BCUT2D eigenvalue weighted by Gasteiger charge is 2.07. The fourth-order valence-electron chi connectivity index (χ4n) is 1.35. The third kappa shape index (κ3) is 2.84. The Bertz CT molecular complexity index is 500. The molecule has 0 fully saturated rings. The van der Waals surface area contributed by atoms with Gasteiger partial charge in [0.1, 0.15) is 5.75 Å². The third-order valence-electron chi connectivity index (χ3n) is 2.30. The molecule has 0 radical (unpaired) electrons. The molecular weight excluding hydrogens is 218 g/mol. The lowest BCUT2D eigenvalue weighted by Gasteiger charge is -2.03. The number of nitrogens with zero attached hydrogens (tertiary/aromatic N) is 2. The van der Waals surface area contributed by atoms with Crippen molar-refractivity contribution in [3.05, 3.63) is 42.1 Å². The van der Waals surface area contributed by atoms with E-state index < -0.39 is 6.09 Å². The van der Waals surface area contributed by atoms with Crippen molar-refractivity contribution in [2.24, 2.45) is 7.05 Å². The average molecular weight is 231 g/mol. The maximum Gasteiger partial charge on any atom is 0.418 e. The lowest BCUT2D eigenvalue weighted by molar-refractivity contribution is 0.215. The quantitative estimate of drug-likeness (QED) is 0.863. The van der Waals surface area contributed by atoms with E-state index in [9.17, 15) is 4.79 Å². The number of carbonyl (C=O) groups excluding carboxylic acids is 1. The van der Waals surface area contributed by atoms with Gasteiger partial charge in [-0.05, 0) is 19.1 Å². The van der Waals surface area contributed by atoms with Gasteiger partial charge in [0.25, 0.3) is 0 Å². The topological polar surface area (TPSA) is 56.1 Å². The maximum atomic E-state index is 11.5. The highest BCUT2D eigenvalue weighted by Crippen LogP contribution is 2.11. The summed E-state index contributed by atoms with van der Waals surface area (Å²) in [7, 11) is 1.81. The van der Waals surface area contributed by atoms with Crippen LogP contribution in [0, 0.1) is 6.92 Å². The molecule has 2 aromatic rings. The number of amides is 1. The molecule has 17 heavy (non-hydrogen) atoms. The van der Waals surface area contributed by atoms with Crippen LogP contribution in [0.1, 0.15) is 5.69 Å². The van der Waals surface area contributed by atoms with Crippen LogP contribution in [0.25, 0.3) is 0 Å². The van der Waals surface area contributed by atoms with E-state index >= 15 is 0 Å². The van der Waals surface area contributed by atoms with Gasteiger partial charge in [-0.25, -0.2) is 4.79 Å². The summed E-state index contributed by atoms with van der Waals surface area (Å²) in [5, 5.41) is 6.66. The van der Waals surface area contributed by atoms with Crippen LogP contribution < -0.4 is 10.1 Å². The van der Waals surface area contributed by atoms with Crippen LogP contribution in [0.5, 0.6) is 5.75 Å². The zero-order valence-corrected chi connectivity index (χ0v) is 9.68. The minimum atomic E-state index is -0.547. The minimum Gasteiger partial charge on any atom is -0.410 e. The Kier molecular flexibility index (Phi) is 3.09. The Hall–Kier alpha value is -2.30. The second kappa shape index (κ2) is 4.69. The standard InChI is InChI=1S/C12H13N3O2/c1-9-8-11(14-15(9)2)13-12(16)17-10-6-4-3-5-7-10/h3-8H,1-2H3,(H,13,14,16). The SMILES string of the molecule is Cc1cc(NC(=O)Oc2ccccc2)nn1C. The lowest BCUT2D eigenvalue weighted by atomic mass is 10.3. The number of aryl methyl sites for hydroxylation is 2. The van der Waals surface area contributed by atoms with Crippen LogP contribution in [0.4, 0.5) is 10.6 Å². The predicted octanol–water partition coefficient (Wildman–Crippen LogP) is 2.34. The third-order valence-corrected chi connectivity index (χ3v) is 2.30. The molecule has 5 heteroatoms. The van der Waals surface area contributed by atoms with Crippen LogP contribution in [-0.4, -0.2) is 15.9 Å². The van der Waals surface area contributed by atoms with Crippen molar-refractivity contribution in [2.45, 2.75) is 6.92 Å². The van der Waals surface area contributed by atoms with Crippen LogP contribution in [-0.2, 0) is 7.05 Å². The van der Waals surface area contributed by atoms with Crippen molar-refractivity contribution in [2.75, 3.05) is 5.32 Å². The molecule has 0 aliphatic rings. The number of benzene rings is 1. The second-order valence-electron chi connectivity index (χ2n) is 3.62. The number of hydrogen-bond acceptors (Lipinski definition) is 3. The Morgan fingerprint density at radius 3 is 2.65 bits per heavy atom. The number of hydrogen-bond donors (Lipinski definition) is 1. The van der Waals surface area contributed by atoms with Gasteiger partial charge >= 0.3 is 6.09 Å². The molecule has 0 spiro atoms. The number of rotatable bonds is 2. The van der Waals surface area contributed by atoms with E-state index in [0.717, 1.165) is 5.69 Å². The second-order valence-corrected chi connectivity index (χ2v) is 3.62. The molecule has 2 rings (SSSR count). The largest absolute Gasteiger partial charge is 0.418 e. The number of anilines is 1. The molecule has 0 bridgehead atoms. The Balaban J connectivity index is 1.98. The summed E-state index contributed by atoms with van der Waals surface area (Å²) in [6.07, 6.45) is -0.547. The first-order valence-corrected chi connectivity index (χ1v) is 5.19. The van der Waals surface area contributed by atoms with E-state index in [1.54, 1.807) is 35.0 Å². The smallest absolute Gasteiger partial charge is 0.410 e. The molecule has 1 amide bonds. The normalized spacial score (nSPS) is 10.0. The van der Waals surface area contributed by atoms with E-state index in [4.69, 9.17) is 4.74 Å². The van der Waals surface area contributed by atoms with Crippen molar-refractivity contribution in [1.29, 1.82) is 0 Å². The molecule has 5 nitrogen and oxygen atoms in total. The first-order valence-electron chi connectivity index (χ1n) is 5.19. The van der Waals surface area contributed by atoms with Gasteiger partial charge in [-0.3, -0.25) is 10.00 Å². The van der Waals surface area contributed by atoms with Crippen molar-refractivity contribution >= 4 is 11.9 Å². The minimum absolute atomic E-state index is 0.478. The van der Waals surface area contributed by atoms with E-state index in [2.05, 4.69) is 10.4 Å². The molecule has 0 unspecified atom stereocenters. The summed E-state index contributed by atoms with van der Waals surface area (Å²) < 4.78 is 6.75. The van der Waals surface area contributed by atoms with Gasteiger partial charge in [0, 0.05) is 18.8 Å². The molecule has 88 valence electrons. The lowest BCUT2D eigenvalue weighted by Crippen LogP contribution is -2.17. The van der Waals surface area contributed by atoms with Crippen LogP contribution in [0.3, 0.4) is 0 Å². The molecule has 1 heterocycles. The van der Waals surface area contributed by atoms with Gasteiger partial charge in [0.2, 0.25) is 0 Å². The van der Waals surface area contributed by atoms with E-state index in [-0.39, 0.29) is 0 Å². The van der Waals surface area contributed by atoms with Crippen molar-refractivity contribution in [1.82, 2.24) is 9.78 Å². The Morgan fingerprint density at radius 2 is 2.06 bits per heavy atom. The van der Waals surface area contributed by atoms with E-state index in [1.807, 2.05) is 20.0 Å². The van der Waals surface area contributed by atoms with E-state index in [1.165, 1.54) is 0 Å². The molecule has 0 aliphatic carbocycles. The first kappa shape index (κ1) is 11.2. The van der Waals surface area contributed by atoms with Crippen LogP contribution in [0.2, 0.25) is 0 Å². The van der Waals surface area contributed by atoms with Gasteiger partial charge < -0.3 is 4.74 Å². The summed E-state index contributed by atoms with van der Waals surface area (Å²) in [6.45, 7) is 1.90. The van der Waals surface area contributed by atoms with Crippen LogP contribution in [0.15, 0.2) is 36.4 Å². The fraction of sp³-hybridized carbons (Fsp3) is 0.167. The summed E-state index contributed by atoms with van der Waals surface area (Å²) >= 11 is 0. The molecule has 1 aromatic heterocycles. The molecule has 0 atom stereocenters. The number of nitrogens with one attached hydrogen (secondary N) is 1. The monoisotopic (exact) mass is 231 g/mol. The molecule has 0 saturated carbocycles. The van der Waals surface area contributed by atoms with Crippen molar-refractivity contribution in [3.63, 3.8) is 0 Å². The fourth-order valence-corrected chi connectivity index (χ4v) is 1.35. The molecule has 0 saturated heterocycles. The molecule has 0 aliphatic heterocycles. The van der Waals surface area contributed by atoms with Gasteiger partial charge in [0.15, 0.2) is 5.82 Å². The van der Waals surface area contributed by atoms with E-state index in [0.29, 0.717) is 11.6 Å². The van der Waals surface area contributed by atoms with Gasteiger partial charge in [-0.15, -0.1) is 0 Å².